The normalized spacial score (nSPS) is 13.2. The molecule has 3 aromatic rings. The molecule has 0 amide bonds. The summed E-state index contributed by atoms with van der Waals surface area (Å²) in [4.78, 5) is 42.5. The molecule has 0 aliphatic carbocycles. The summed E-state index contributed by atoms with van der Waals surface area (Å²) in [6.45, 7) is 0.242. The number of esters is 1. The monoisotopic (exact) mass is 436 g/mol. The molecule has 0 saturated heterocycles. The van der Waals surface area contributed by atoms with Crippen LogP contribution in [0.25, 0.3) is 10.9 Å². The molecular weight excluding hydrogens is 412 g/mol. The molecule has 0 radical (unpaired) electrons. The van der Waals surface area contributed by atoms with Crippen LogP contribution in [0.5, 0.6) is 11.5 Å². The number of methoxy groups -OCH3 is 2. The van der Waals surface area contributed by atoms with Crippen molar-refractivity contribution in [1.29, 1.82) is 0 Å². The molecule has 0 spiro atoms. The topological polar surface area (TPSA) is 96.7 Å². The van der Waals surface area contributed by atoms with E-state index in [4.69, 9.17) is 14.2 Å². The molecule has 0 bridgehead atoms. The van der Waals surface area contributed by atoms with Gasteiger partial charge in [0.25, 0.3) is 5.56 Å². The number of nitrogens with zero attached hydrogens (tertiary/aromatic N) is 2. The van der Waals surface area contributed by atoms with E-state index < -0.39 is 12.6 Å². The fourth-order valence-electron chi connectivity index (χ4n) is 3.85. The van der Waals surface area contributed by atoms with Gasteiger partial charge in [-0.25, -0.2) is 9.78 Å². The molecule has 1 aliphatic heterocycles. The van der Waals surface area contributed by atoms with E-state index in [-0.39, 0.29) is 16.9 Å². The number of carbonyl (C=O) groups is 2. The SMILES string of the molecule is COc1ccc(C(=O)COC(=O)c2ccc3c(=O)n4c(nc3c2)CCCCC4)cc1OC. The van der Waals surface area contributed by atoms with Crippen LogP contribution in [0.4, 0.5) is 0 Å². The number of ketones is 1. The minimum Gasteiger partial charge on any atom is -0.493 e. The van der Waals surface area contributed by atoms with E-state index in [9.17, 15) is 14.4 Å². The summed E-state index contributed by atoms with van der Waals surface area (Å²) in [6, 6.07) is 9.40. The third-order valence-corrected chi connectivity index (χ3v) is 5.59. The summed E-state index contributed by atoms with van der Waals surface area (Å²) >= 11 is 0. The van der Waals surface area contributed by atoms with Gasteiger partial charge < -0.3 is 14.2 Å². The van der Waals surface area contributed by atoms with Crippen molar-refractivity contribution in [2.45, 2.75) is 32.2 Å². The lowest BCUT2D eigenvalue weighted by molar-refractivity contribution is 0.0475. The van der Waals surface area contributed by atoms with Gasteiger partial charge in [0.1, 0.15) is 5.82 Å². The van der Waals surface area contributed by atoms with Gasteiger partial charge >= 0.3 is 5.97 Å². The van der Waals surface area contributed by atoms with Crippen molar-refractivity contribution in [1.82, 2.24) is 9.55 Å². The van der Waals surface area contributed by atoms with Crippen LogP contribution in [0.15, 0.2) is 41.2 Å². The molecule has 1 aromatic heterocycles. The Morgan fingerprint density at radius 3 is 2.53 bits per heavy atom. The molecular formula is C24H24N2O6. The maximum atomic E-state index is 12.8. The second-order valence-electron chi connectivity index (χ2n) is 7.60. The fourth-order valence-corrected chi connectivity index (χ4v) is 3.85. The Morgan fingerprint density at radius 1 is 0.969 bits per heavy atom. The molecule has 32 heavy (non-hydrogen) atoms. The van der Waals surface area contributed by atoms with Crippen LogP contribution < -0.4 is 15.0 Å². The Labute approximate surface area is 184 Å². The molecule has 0 saturated carbocycles. The number of ether oxygens (including phenoxy) is 3. The van der Waals surface area contributed by atoms with Crippen LogP contribution in [-0.2, 0) is 17.7 Å². The average molecular weight is 436 g/mol. The van der Waals surface area contributed by atoms with Crippen molar-refractivity contribution in [3.05, 3.63) is 63.7 Å². The van der Waals surface area contributed by atoms with Crippen LogP contribution >= 0.6 is 0 Å². The Hall–Kier alpha value is -3.68. The molecule has 2 aromatic carbocycles. The summed E-state index contributed by atoms with van der Waals surface area (Å²) < 4.78 is 17.3. The first kappa shape index (κ1) is 21.5. The first-order valence-electron chi connectivity index (χ1n) is 10.5. The zero-order valence-electron chi connectivity index (χ0n) is 18.1. The van der Waals surface area contributed by atoms with Crippen molar-refractivity contribution < 1.29 is 23.8 Å². The molecule has 4 rings (SSSR count). The molecule has 8 heteroatoms. The van der Waals surface area contributed by atoms with Crippen LogP contribution in [0.1, 0.15) is 45.8 Å². The van der Waals surface area contributed by atoms with Gasteiger partial charge in [-0.15, -0.1) is 0 Å². The molecule has 0 fully saturated rings. The highest BCUT2D eigenvalue weighted by molar-refractivity contribution is 6.00. The Balaban J connectivity index is 1.51. The summed E-state index contributed by atoms with van der Waals surface area (Å²) in [5, 5.41) is 0.466. The van der Waals surface area contributed by atoms with Gasteiger partial charge in [-0.05, 0) is 49.2 Å². The standard InChI is InChI=1S/C24H24N2O6/c1-30-20-10-8-15(13-21(20)31-2)19(27)14-32-24(29)16-7-9-17-18(12-16)25-22-6-4-3-5-11-26(22)23(17)28/h7-10,12-13H,3-6,11,14H2,1-2H3. The van der Waals surface area contributed by atoms with E-state index in [2.05, 4.69) is 4.98 Å². The largest absolute Gasteiger partial charge is 0.493 e. The lowest BCUT2D eigenvalue weighted by Gasteiger charge is -2.11. The number of carbonyl (C=O) groups excluding carboxylic acids is 2. The number of aromatic nitrogens is 2. The Bertz CT molecular complexity index is 1250. The van der Waals surface area contributed by atoms with Gasteiger partial charge in [0.15, 0.2) is 23.9 Å². The predicted molar refractivity (Wildman–Crippen MR) is 118 cm³/mol. The molecule has 0 N–H and O–H groups in total. The highest BCUT2D eigenvalue weighted by atomic mass is 16.5. The second-order valence-corrected chi connectivity index (χ2v) is 7.60. The summed E-state index contributed by atoms with van der Waals surface area (Å²) in [5.41, 5.74) is 0.952. The number of fused-ring (bicyclic) bond motifs is 2. The van der Waals surface area contributed by atoms with E-state index >= 15 is 0 Å². The van der Waals surface area contributed by atoms with Gasteiger partial charge in [-0.2, -0.15) is 0 Å². The lowest BCUT2D eigenvalue weighted by atomic mass is 10.1. The quantitative estimate of drug-likeness (QED) is 0.432. The van der Waals surface area contributed by atoms with E-state index in [0.29, 0.717) is 34.5 Å². The van der Waals surface area contributed by atoms with E-state index in [1.165, 1.54) is 26.4 Å². The number of benzene rings is 2. The highest BCUT2D eigenvalue weighted by Crippen LogP contribution is 2.27. The predicted octanol–water partition coefficient (Wildman–Crippen LogP) is 3.18. The molecule has 0 atom stereocenters. The number of hydrogen-bond acceptors (Lipinski definition) is 7. The lowest BCUT2D eigenvalue weighted by Crippen LogP contribution is -2.24. The highest BCUT2D eigenvalue weighted by Gasteiger charge is 2.17. The number of hydrogen-bond donors (Lipinski definition) is 0. The molecule has 0 unspecified atom stereocenters. The average Bonchev–Trinajstić information content (AvgIpc) is 3.07. The van der Waals surface area contributed by atoms with Gasteiger partial charge in [-0.3, -0.25) is 14.2 Å². The number of Topliss-reactive ketones (excluding diaryl/α,β-unsaturated/α-hetero) is 1. The third-order valence-electron chi connectivity index (χ3n) is 5.59. The minimum absolute atomic E-state index is 0.0875. The molecule has 8 nitrogen and oxygen atoms in total. The summed E-state index contributed by atoms with van der Waals surface area (Å²) in [5.74, 6) is 0.628. The Morgan fingerprint density at radius 2 is 1.75 bits per heavy atom. The second kappa shape index (κ2) is 9.21. The first-order valence-corrected chi connectivity index (χ1v) is 10.5. The van der Waals surface area contributed by atoms with Crippen LogP contribution in [0.3, 0.4) is 0 Å². The maximum Gasteiger partial charge on any atom is 0.338 e. The fraction of sp³-hybridized carbons (Fsp3) is 0.333. The van der Waals surface area contributed by atoms with E-state index in [0.717, 1.165) is 31.5 Å². The third kappa shape index (κ3) is 4.21. The van der Waals surface area contributed by atoms with Gasteiger partial charge in [0.05, 0.1) is 30.7 Å². The zero-order chi connectivity index (χ0) is 22.7. The van der Waals surface area contributed by atoms with Crippen molar-refractivity contribution in [2.24, 2.45) is 0 Å². The van der Waals surface area contributed by atoms with Gasteiger partial charge in [0.2, 0.25) is 0 Å². The van der Waals surface area contributed by atoms with Crippen molar-refractivity contribution in [3.8, 4) is 11.5 Å². The van der Waals surface area contributed by atoms with Crippen LogP contribution in [0, 0.1) is 0 Å². The Kier molecular flexibility index (Phi) is 6.20. The van der Waals surface area contributed by atoms with E-state index in [1.54, 1.807) is 28.8 Å². The smallest absolute Gasteiger partial charge is 0.338 e. The zero-order valence-corrected chi connectivity index (χ0v) is 18.1. The number of rotatable bonds is 6. The van der Waals surface area contributed by atoms with Crippen molar-refractivity contribution in [2.75, 3.05) is 20.8 Å². The molecule has 1 aliphatic rings. The van der Waals surface area contributed by atoms with Crippen LogP contribution in [0.2, 0.25) is 0 Å². The van der Waals surface area contributed by atoms with Crippen LogP contribution in [-0.4, -0.2) is 42.1 Å². The molecule has 166 valence electrons. The number of aryl methyl sites for hydroxylation is 1. The van der Waals surface area contributed by atoms with Gasteiger partial charge in [0, 0.05) is 18.5 Å². The first-order chi connectivity index (χ1) is 15.5. The summed E-state index contributed by atoms with van der Waals surface area (Å²) in [6.07, 6.45) is 3.74. The van der Waals surface area contributed by atoms with Crippen molar-refractivity contribution in [3.63, 3.8) is 0 Å². The van der Waals surface area contributed by atoms with Gasteiger partial charge in [-0.1, -0.05) is 6.42 Å². The van der Waals surface area contributed by atoms with E-state index in [1.807, 2.05) is 0 Å². The summed E-state index contributed by atoms with van der Waals surface area (Å²) in [7, 11) is 2.98. The minimum atomic E-state index is -0.655. The maximum absolute atomic E-state index is 12.8. The van der Waals surface area contributed by atoms with Crippen molar-refractivity contribution >= 4 is 22.7 Å². The molecule has 2 heterocycles.